The first-order valence-corrected chi connectivity index (χ1v) is 6.06. The van der Waals surface area contributed by atoms with E-state index in [0.717, 1.165) is 10.0 Å². The van der Waals surface area contributed by atoms with Gasteiger partial charge in [-0.15, -0.1) is 0 Å². The molecule has 1 aromatic heterocycles. The van der Waals surface area contributed by atoms with Gasteiger partial charge in [-0.1, -0.05) is 12.1 Å². The number of aromatic nitrogens is 1. The molecule has 1 aromatic carbocycles. The molecule has 0 aliphatic heterocycles. The second kappa shape index (κ2) is 5.07. The third-order valence-corrected chi connectivity index (χ3v) is 2.98. The van der Waals surface area contributed by atoms with Crippen molar-refractivity contribution in [2.45, 2.75) is 6.92 Å². The standard InChI is InChI=1S/C13H10BrN3O/c1-8-3-2-4-11(10(8)6-15)17-13(18)12-5-9(14)7-16-12/h2-5,7,16H,1H3,(H,17,18). The van der Waals surface area contributed by atoms with Crippen molar-refractivity contribution < 1.29 is 4.79 Å². The molecule has 1 heterocycles. The number of carbonyl (C=O) groups excluding carboxylic acids is 1. The number of H-pyrrole nitrogens is 1. The van der Waals surface area contributed by atoms with Crippen LogP contribution in [0.2, 0.25) is 0 Å². The molecule has 0 saturated carbocycles. The van der Waals surface area contributed by atoms with Crippen LogP contribution >= 0.6 is 15.9 Å². The predicted molar refractivity (Wildman–Crippen MR) is 72.3 cm³/mol. The van der Waals surface area contributed by atoms with E-state index in [1.165, 1.54) is 0 Å². The Bertz CT molecular complexity index is 640. The monoisotopic (exact) mass is 303 g/mol. The number of hydrogen-bond donors (Lipinski definition) is 2. The van der Waals surface area contributed by atoms with Crippen LogP contribution in [-0.2, 0) is 0 Å². The van der Waals surface area contributed by atoms with Gasteiger partial charge in [0.1, 0.15) is 11.8 Å². The van der Waals surface area contributed by atoms with E-state index >= 15 is 0 Å². The Kier molecular flexibility index (Phi) is 3.49. The summed E-state index contributed by atoms with van der Waals surface area (Å²) in [5.41, 5.74) is 2.28. The molecular formula is C13H10BrN3O. The number of aromatic amines is 1. The lowest BCUT2D eigenvalue weighted by atomic mass is 10.1. The Hall–Kier alpha value is -2.06. The van der Waals surface area contributed by atoms with E-state index in [2.05, 4.69) is 32.3 Å². The van der Waals surface area contributed by atoms with Gasteiger partial charge in [0.2, 0.25) is 0 Å². The van der Waals surface area contributed by atoms with Crippen molar-refractivity contribution in [2.24, 2.45) is 0 Å². The molecule has 2 aromatic rings. The summed E-state index contributed by atoms with van der Waals surface area (Å²) in [6.45, 7) is 1.83. The zero-order chi connectivity index (χ0) is 13.1. The van der Waals surface area contributed by atoms with E-state index in [-0.39, 0.29) is 5.91 Å². The van der Waals surface area contributed by atoms with Crippen LogP contribution in [0, 0.1) is 18.3 Å². The van der Waals surface area contributed by atoms with E-state index in [9.17, 15) is 4.79 Å². The number of nitriles is 1. The van der Waals surface area contributed by atoms with Crippen LogP contribution in [-0.4, -0.2) is 10.9 Å². The number of benzene rings is 1. The van der Waals surface area contributed by atoms with Crippen LogP contribution < -0.4 is 5.32 Å². The van der Waals surface area contributed by atoms with Gasteiger partial charge in [-0.25, -0.2) is 0 Å². The lowest BCUT2D eigenvalue weighted by molar-refractivity contribution is 0.102. The average molecular weight is 304 g/mol. The van der Waals surface area contributed by atoms with Gasteiger partial charge in [-0.3, -0.25) is 4.79 Å². The summed E-state index contributed by atoms with van der Waals surface area (Å²) in [5, 5.41) is 11.8. The minimum atomic E-state index is -0.275. The fourth-order valence-electron chi connectivity index (χ4n) is 1.61. The maximum atomic E-state index is 11.9. The Balaban J connectivity index is 2.28. The fourth-order valence-corrected chi connectivity index (χ4v) is 1.95. The molecule has 0 radical (unpaired) electrons. The third kappa shape index (κ3) is 2.44. The van der Waals surface area contributed by atoms with Crippen LogP contribution in [0.25, 0.3) is 0 Å². The van der Waals surface area contributed by atoms with Gasteiger partial charge in [0.25, 0.3) is 5.91 Å². The quantitative estimate of drug-likeness (QED) is 0.894. The van der Waals surface area contributed by atoms with E-state index in [1.54, 1.807) is 24.4 Å². The molecule has 90 valence electrons. The van der Waals surface area contributed by atoms with Crippen LogP contribution in [0.4, 0.5) is 5.69 Å². The number of halogens is 1. The number of nitrogens with zero attached hydrogens (tertiary/aromatic N) is 1. The van der Waals surface area contributed by atoms with Crippen LogP contribution in [0.5, 0.6) is 0 Å². The fraction of sp³-hybridized carbons (Fsp3) is 0.0769. The zero-order valence-electron chi connectivity index (χ0n) is 9.62. The second-order valence-electron chi connectivity index (χ2n) is 3.79. The van der Waals surface area contributed by atoms with Crippen molar-refractivity contribution in [3.8, 4) is 6.07 Å². The highest BCUT2D eigenvalue weighted by Gasteiger charge is 2.11. The smallest absolute Gasteiger partial charge is 0.272 e. The molecule has 2 N–H and O–H groups in total. The molecule has 1 amide bonds. The van der Waals surface area contributed by atoms with Crippen molar-refractivity contribution in [1.29, 1.82) is 5.26 Å². The van der Waals surface area contributed by atoms with Crippen molar-refractivity contribution in [2.75, 3.05) is 5.32 Å². The molecule has 0 bridgehead atoms. The number of hydrogen-bond acceptors (Lipinski definition) is 2. The number of rotatable bonds is 2. The molecule has 0 unspecified atom stereocenters. The molecule has 5 heteroatoms. The maximum Gasteiger partial charge on any atom is 0.272 e. The summed E-state index contributed by atoms with van der Waals surface area (Å²) in [5.74, 6) is -0.275. The molecule has 2 rings (SSSR count). The minimum absolute atomic E-state index is 0.275. The van der Waals surface area contributed by atoms with Crippen LogP contribution in [0.1, 0.15) is 21.6 Å². The molecule has 0 saturated heterocycles. The molecule has 18 heavy (non-hydrogen) atoms. The topological polar surface area (TPSA) is 68.7 Å². The van der Waals surface area contributed by atoms with E-state index in [0.29, 0.717) is 16.9 Å². The number of anilines is 1. The molecule has 0 aliphatic rings. The van der Waals surface area contributed by atoms with Crippen molar-refractivity contribution >= 4 is 27.5 Å². The zero-order valence-corrected chi connectivity index (χ0v) is 11.2. The lowest BCUT2D eigenvalue weighted by Crippen LogP contribution is -2.13. The van der Waals surface area contributed by atoms with Gasteiger partial charge in [0.05, 0.1) is 11.3 Å². The van der Waals surface area contributed by atoms with E-state index in [1.807, 2.05) is 13.0 Å². The first kappa shape index (κ1) is 12.4. The van der Waals surface area contributed by atoms with Gasteiger partial charge in [-0.05, 0) is 40.5 Å². The molecule has 0 aliphatic carbocycles. The predicted octanol–water partition coefficient (Wildman–Crippen LogP) is 3.21. The number of carbonyl (C=O) groups is 1. The van der Waals surface area contributed by atoms with Crippen LogP contribution in [0.15, 0.2) is 34.9 Å². The molecule has 0 fully saturated rings. The highest BCUT2D eigenvalue weighted by Crippen LogP contribution is 2.19. The van der Waals surface area contributed by atoms with Gasteiger partial charge < -0.3 is 10.3 Å². The Morgan fingerprint density at radius 1 is 1.50 bits per heavy atom. The van der Waals surface area contributed by atoms with Gasteiger partial charge >= 0.3 is 0 Å². The Labute approximate surface area is 113 Å². The summed E-state index contributed by atoms with van der Waals surface area (Å²) < 4.78 is 0.803. The van der Waals surface area contributed by atoms with Crippen molar-refractivity contribution in [1.82, 2.24) is 4.98 Å². The highest BCUT2D eigenvalue weighted by atomic mass is 79.9. The van der Waals surface area contributed by atoms with Gasteiger partial charge in [-0.2, -0.15) is 5.26 Å². The summed E-state index contributed by atoms with van der Waals surface area (Å²) in [4.78, 5) is 14.8. The molecule has 0 atom stereocenters. The van der Waals surface area contributed by atoms with Crippen molar-refractivity contribution in [3.63, 3.8) is 0 Å². The SMILES string of the molecule is Cc1cccc(NC(=O)c2cc(Br)c[nH]2)c1C#N. The summed E-state index contributed by atoms with van der Waals surface area (Å²) in [7, 11) is 0. The molecular weight excluding hydrogens is 294 g/mol. The minimum Gasteiger partial charge on any atom is -0.356 e. The Morgan fingerprint density at radius 3 is 2.89 bits per heavy atom. The second-order valence-corrected chi connectivity index (χ2v) is 4.71. The number of amides is 1. The Morgan fingerprint density at radius 2 is 2.28 bits per heavy atom. The normalized spacial score (nSPS) is 9.83. The largest absolute Gasteiger partial charge is 0.356 e. The van der Waals surface area contributed by atoms with E-state index < -0.39 is 0 Å². The number of aryl methyl sites for hydroxylation is 1. The third-order valence-electron chi connectivity index (χ3n) is 2.53. The van der Waals surface area contributed by atoms with E-state index in [4.69, 9.17) is 5.26 Å². The van der Waals surface area contributed by atoms with Crippen LogP contribution in [0.3, 0.4) is 0 Å². The first-order valence-electron chi connectivity index (χ1n) is 5.27. The molecule has 4 nitrogen and oxygen atoms in total. The maximum absolute atomic E-state index is 11.9. The molecule has 0 spiro atoms. The highest BCUT2D eigenvalue weighted by molar-refractivity contribution is 9.10. The first-order chi connectivity index (χ1) is 8.61. The van der Waals surface area contributed by atoms with Gasteiger partial charge in [0.15, 0.2) is 0 Å². The average Bonchev–Trinajstić information content (AvgIpc) is 2.76. The van der Waals surface area contributed by atoms with Gasteiger partial charge in [0, 0.05) is 10.7 Å². The summed E-state index contributed by atoms with van der Waals surface area (Å²) in [6, 6.07) is 9.11. The lowest BCUT2D eigenvalue weighted by Gasteiger charge is -2.07. The summed E-state index contributed by atoms with van der Waals surface area (Å²) in [6.07, 6.45) is 1.68. The summed E-state index contributed by atoms with van der Waals surface area (Å²) >= 11 is 3.26. The number of nitrogens with one attached hydrogen (secondary N) is 2. The van der Waals surface area contributed by atoms with Crippen molar-refractivity contribution in [3.05, 3.63) is 51.8 Å².